The Balaban J connectivity index is 1.66. The maximum absolute atomic E-state index is 4.72. The Bertz CT molecular complexity index is 1230. The van der Waals surface area contributed by atoms with Crippen molar-refractivity contribution in [2.24, 2.45) is 0 Å². The van der Waals surface area contributed by atoms with E-state index in [2.05, 4.69) is 70.0 Å². The number of benzene rings is 1. The highest BCUT2D eigenvalue weighted by molar-refractivity contribution is 5.94. The number of H-pyrrole nitrogens is 2. The van der Waals surface area contributed by atoms with Crippen molar-refractivity contribution in [3.63, 3.8) is 0 Å². The highest BCUT2D eigenvalue weighted by atomic mass is 15.1. The maximum atomic E-state index is 4.72. The lowest BCUT2D eigenvalue weighted by Crippen LogP contribution is -2.13. The first-order valence-electron chi connectivity index (χ1n) is 10.5. The Labute approximate surface area is 182 Å². The highest BCUT2D eigenvalue weighted by Gasteiger charge is 2.14. The van der Waals surface area contributed by atoms with Gasteiger partial charge in [0, 0.05) is 29.0 Å². The predicted octanol–water partition coefficient (Wildman–Crippen LogP) is 5.02. The number of aryl methyl sites for hydroxylation is 2. The molecule has 0 bridgehead atoms. The van der Waals surface area contributed by atoms with Crippen LogP contribution in [0.15, 0.2) is 55.4 Å². The molecule has 0 unspecified atom stereocenters. The molecule has 0 saturated heterocycles. The molecular formula is C25H28N6. The quantitative estimate of drug-likeness (QED) is 0.399. The number of allylic oxidation sites excluding steroid dienone is 2. The fourth-order valence-electron chi connectivity index (χ4n) is 3.66. The number of aromatic amines is 2. The zero-order chi connectivity index (χ0) is 21.8. The number of pyridine rings is 1. The monoisotopic (exact) mass is 412 g/mol. The number of hydrogen-bond donors (Lipinski definition) is 2. The average Bonchev–Trinajstić information content (AvgIpc) is 3.34. The lowest BCUT2D eigenvalue weighted by atomic mass is 10.0. The third-order valence-electron chi connectivity index (χ3n) is 5.30. The van der Waals surface area contributed by atoms with Crippen LogP contribution in [0.4, 0.5) is 0 Å². The van der Waals surface area contributed by atoms with E-state index < -0.39 is 0 Å². The Morgan fingerprint density at radius 3 is 2.81 bits per heavy atom. The van der Waals surface area contributed by atoms with Gasteiger partial charge in [0.1, 0.15) is 5.69 Å². The van der Waals surface area contributed by atoms with Gasteiger partial charge in [-0.15, -0.1) is 0 Å². The van der Waals surface area contributed by atoms with Crippen molar-refractivity contribution in [1.82, 2.24) is 30.0 Å². The number of rotatable bonds is 8. The molecule has 0 atom stereocenters. The second-order valence-electron chi connectivity index (χ2n) is 8.01. The highest BCUT2D eigenvalue weighted by Crippen LogP contribution is 2.30. The van der Waals surface area contributed by atoms with Gasteiger partial charge in [0.05, 0.1) is 11.2 Å². The van der Waals surface area contributed by atoms with E-state index in [0.717, 1.165) is 64.3 Å². The van der Waals surface area contributed by atoms with Gasteiger partial charge in [0.25, 0.3) is 0 Å². The van der Waals surface area contributed by atoms with Crippen LogP contribution in [0.5, 0.6) is 0 Å². The molecule has 0 aliphatic heterocycles. The molecule has 4 rings (SSSR count). The van der Waals surface area contributed by atoms with Crippen LogP contribution in [0.1, 0.15) is 23.4 Å². The fraction of sp³-hybridized carbons (Fsp3) is 0.240. The van der Waals surface area contributed by atoms with Gasteiger partial charge in [-0.3, -0.25) is 10.1 Å². The van der Waals surface area contributed by atoms with E-state index in [9.17, 15) is 0 Å². The normalized spacial score (nSPS) is 11.7. The summed E-state index contributed by atoms with van der Waals surface area (Å²) in [6, 6.07) is 8.56. The van der Waals surface area contributed by atoms with Crippen LogP contribution < -0.4 is 0 Å². The molecular weight excluding hydrogens is 384 g/mol. The summed E-state index contributed by atoms with van der Waals surface area (Å²) in [6.07, 6.45) is 11.6. The Kier molecular flexibility index (Phi) is 6.09. The lowest BCUT2D eigenvalue weighted by Gasteiger charge is -2.09. The molecule has 158 valence electrons. The number of aromatic nitrogens is 5. The van der Waals surface area contributed by atoms with E-state index in [-0.39, 0.29) is 0 Å². The summed E-state index contributed by atoms with van der Waals surface area (Å²) in [5, 5.41) is 8.68. The van der Waals surface area contributed by atoms with Gasteiger partial charge in [0.15, 0.2) is 5.82 Å². The first-order valence-corrected chi connectivity index (χ1v) is 10.5. The van der Waals surface area contributed by atoms with Crippen LogP contribution in [0.3, 0.4) is 0 Å². The van der Waals surface area contributed by atoms with E-state index in [0.29, 0.717) is 0 Å². The average molecular weight is 413 g/mol. The largest absolute Gasteiger partial charge is 0.340 e. The number of nitrogens with one attached hydrogen (secondary N) is 2. The van der Waals surface area contributed by atoms with Crippen LogP contribution in [0, 0.1) is 6.92 Å². The first kappa shape index (κ1) is 20.8. The SMILES string of the molecule is C=C/C=C\c1nc(-c2n[nH]c3ccc(-c4cncc(CCCN(C)C)c4)cc23)[nH]c1C. The molecule has 0 aliphatic carbocycles. The Morgan fingerprint density at radius 2 is 2.00 bits per heavy atom. The molecule has 0 fully saturated rings. The molecule has 3 aromatic heterocycles. The van der Waals surface area contributed by atoms with Crippen LogP contribution in [-0.2, 0) is 6.42 Å². The molecule has 31 heavy (non-hydrogen) atoms. The number of hydrogen-bond acceptors (Lipinski definition) is 4. The Morgan fingerprint density at radius 1 is 1.13 bits per heavy atom. The third-order valence-corrected chi connectivity index (χ3v) is 5.30. The molecule has 0 saturated carbocycles. The molecule has 6 heteroatoms. The van der Waals surface area contributed by atoms with E-state index >= 15 is 0 Å². The molecule has 4 aromatic rings. The van der Waals surface area contributed by atoms with Crippen molar-refractivity contribution in [2.45, 2.75) is 19.8 Å². The second kappa shape index (κ2) is 9.10. The maximum Gasteiger partial charge on any atom is 0.159 e. The van der Waals surface area contributed by atoms with Crippen LogP contribution in [0.25, 0.3) is 39.6 Å². The number of fused-ring (bicyclic) bond motifs is 1. The van der Waals surface area contributed by atoms with Crippen molar-refractivity contribution in [2.75, 3.05) is 20.6 Å². The molecule has 6 nitrogen and oxygen atoms in total. The van der Waals surface area contributed by atoms with Crippen LogP contribution >= 0.6 is 0 Å². The summed E-state index contributed by atoms with van der Waals surface area (Å²) in [5.41, 5.74) is 7.16. The number of nitrogens with zero attached hydrogens (tertiary/aromatic N) is 4. The zero-order valence-electron chi connectivity index (χ0n) is 18.3. The van der Waals surface area contributed by atoms with Crippen molar-refractivity contribution < 1.29 is 0 Å². The van der Waals surface area contributed by atoms with Gasteiger partial charge >= 0.3 is 0 Å². The zero-order valence-corrected chi connectivity index (χ0v) is 18.3. The minimum absolute atomic E-state index is 0.750. The molecule has 2 N–H and O–H groups in total. The number of imidazole rings is 1. The smallest absolute Gasteiger partial charge is 0.159 e. The standard InChI is InChI=1S/C25H28N6/c1-5-6-9-22-17(2)27-25(28-22)24-21-14-19(10-11-23(21)29-30-24)20-13-18(15-26-16-20)8-7-12-31(3)4/h5-6,9-11,13-16H,1,7-8,12H2,2-4H3,(H,27,28)(H,29,30)/b9-6-. The van der Waals surface area contributed by atoms with E-state index in [4.69, 9.17) is 4.98 Å². The van der Waals surface area contributed by atoms with Crippen molar-refractivity contribution in [3.05, 3.63) is 72.3 Å². The van der Waals surface area contributed by atoms with Crippen LogP contribution in [-0.4, -0.2) is 50.7 Å². The summed E-state index contributed by atoms with van der Waals surface area (Å²) in [7, 11) is 4.21. The molecule has 0 amide bonds. The van der Waals surface area contributed by atoms with Gasteiger partial charge in [-0.1, -0.05) is 24.8 Å². The molecule has 0 radical (unpaired) electrons. The first-order chi connectivity index (χ1) is 15.0. The van der Waals surface area contributed by atoms with Gasteiger partial charge in [0.2, 0.25) is 0 Å². The van der Waals surface area contributed by atoms with E-state index in [1.165, 1.54) is 5.56 Å². The van der Waals surface area contributed by atoms with Crippen molar-refractivity contribution >= 4 is 17.0 Å². The molecule has 3 heterocycles. The van der Waals surface area contributed by atoms with Gasteiger partial charge in [-0.2, -0.15) is 5.10 Å². The summed E-state index contributed by atoms with van der Waals surface area (Å²) < 4.78 is 0. The molecule has 0 spiro atoms. The van der Waals surface area contributed by atoms with Gasteiger partial charge in [-0.25, -0.2) is 4.98 Å². The predicted molar refractivity (Wildman–Crippen MR) is 128 cm³/mol. The summed E-state index contributed by atoms with van der Waals surface area (Å²) >= 11 is 0. The van der Waals surface area contributed by atoms with Crippen LogP contribution in [0.2, 0.25) is 0 Å². The van der Waals surface area contributed by atoms with Crippen molar-refractivity contribution in [1.29, 1.82) is 0 Å². The lowest BCUT2D eigenvalue weighted by molar-refractivity contribution is 0.400. The molecule has 0 aliphatic rings. The topological polar surface area (TPSA) is 73.5 Å². The molecule has 1 aromatic carbocycles. The second-order valence-corrected chi connectivity index (χ2v) is 8.01. The minimum atomic E-state index is 0.750. The summed E-state index contributed by atoms with van der Waals surface area (Å²) in [4.78, 5) is 14.8. The fourth-order valence-corrected chi connectivity index (χ4v) is 3.66. The van der Waals surface area contributed by atoms with Gasteiger partial charge in [-0.05, 0) is 75.8 Å². The third kappa shape index (κ3) is 4.64. The Hall–Kier alpha value is -3.51. The summed E-state index contributed by atoms with van der Waals surface area (Å²) in [5.74, 6) is 0.750. The minimum Gasteiger partial charge on any atom is -0.340 e. The van der Waals surface area contributed by atoms with Gasteiger partial charge < -0.3 is 9.88 Å². The van der Waals surface area contributed by atoms with E-state index in [1.54, 1.807) is 6.08 Å². The van der Waals surface area contributed by atoms with E-state index in [1.807, 2.05) is 31.5 Å². The summed E-state index contributed by atoms with van der Waals surface area (Å²) in [6.45, 7) is 6.80. The van der Waals surface area contributed by atoms with Crippen molar-refractivity contribution in [3.8, 4) is 22.6 Å².